The smallest absolute Gasteiger partial charge is 0.306 e. The molecule has 0 aliphatic carbocycles. The lowest BCUT2D eigenvalue weighted by molar-refractivity contribution is -0.889. The average Bonchev–Trinajstić information content (AvgIpc) is 2.98. The van der Waals surface area contributed by atoms with E-state index in [0.29, 0.717) is 12.8 Å². The Morgan fingerprint density at radius 3 is 1.76 bits per heavy atom. The summed E-state index contributed by atoms with van der Waals surface area (Å²) in [5.74, 6) is -1.78. The molecule has 0 fully saturated rings. The number of aliphatic carboxylic acids is 1. The number of likely N-dealkylation sites (N-methyl/N-ethyl adjacent to an activating group) is 1. The minimum atomic E-state index is -1.13. The first-order valence-corrected chi connectivity index (χ1v) is 17.9. The molecule has 262 valence electrons. The maximum Gasteiger partial charge on any atom is 0.306 e. The number of carboxylic acids is 1. The predicted octanol–water partition coefficient (Wildman–Crippen LogP) is 7.24. The molecule has 0 aliphatic heterocycles. The zero-order chi connectivity index (χ0) is 33.6. The third kappa shape index (κ3) is 27.8. The number of hydrogen-bond acceptors (Lipinski definition) is 7. The molecule has 2 atom stereocenters. The summed E-state index contributed by atoms with van der Waals surface area (Å²) in [5, 5.41) is 11.5. The van der Waals surface area contributed by atoms with Crippen LogP contribution in [0.25, 0.3) is 0 Å². The van der Waals surface area contributed by atoms with Crippen LogP contribution in [0, 0.1) is 0 Å². The molecule has 8 heteroatoms. The molecule has 0 aromatic heterocycles. The van der Waals surface area contributed by atoms with Gasteiger partial charge in [-0.15, -0.1) is 0 Å². The Labute approximate surface area is 275 Å². The van der Waals surface area contributed by atoms with Crippen LogP contribution in [-0.4, -0.2) is 75.5 Å². The highest BCUT2D eigenvalue weighted by Crippen LogP contribution is 2.12. The highest BCUT2D eigenvalue weighted by molar-refractivity contribution is 5.70. The fraction of sp³-hybridized carbons (Fsp3) is 0.811. The van der Waals surface area contributed by atoms with E-state index in [0.717, 1.165) is 51.4 Å². The van der Waals surface area contributed by atoms with E-state index >= 15 is 0 Å². The zero-order valence-electron chi connectivity index (χ0n) is 29.5. The third-order valence-electron chi connectivity index (χ3n) is 7.84. The van der Waals surface area contributed by atoms with Crippen LogP contribution in [0.5, 0.6) is 0 Å². The van der Waals surface area contributed by atoms with Crippen molar-refractivity contribution in [2.75, 3.05) is 41.0 Å². The summed E-state index contributed by atoms with van der Waals surface area (Å²) in [5.41, 5.74) is 0. The molecule has 0 aromatic carbocycles. The maximum atomic E-state index is 12.5. The highest BCUT2D eigenvalue weighted by atomic mass is 16.6. The van der Waals surface area contributed by atoms with Gasteiger partial charge in [0.15, 0.2) is 6.10 Å². The molecule has 45 heavy (non-hydrogen) atoms. The lowest BCUT2D eigenvalue weighted by atomic mass is 10.1. The zero-order valence-corrected chi connectivity index (χ0v) is 29.5. The van der Waals surface area contributed by atoms with Crippen LogP contribution in [0.4, 0.5) is 0 Å². The van der Waals surface area contributed by atoms with Crippen molar-refractivity contribution in [1.82, 2.24) is 0 Å². The predicted molar refractivity (Wildman–Crippen MR) is 180 cm³/mol. The molecule has 0 aromatic rings. The first-order chi connectivity index (χ1) is 21.6. The van der Waals surface area contributed by atoms with E-state index in [2.05, 4.69) is 38.2 Å². The van der Waals surface area contributed by atoms with Crippen molar-refractivity contribution in [2.24, 2.45) is 0 Å². The summed E-state index contributed by atoms with van der Waals surface area (Å²) in [6, 6.07) is -0.721. The number of ether oxygens (including phenoxy) is 3. The number of esters is 2. The van der Waals surface area contributed by atoms with Crippen molar-refractivity contribution in [3.63, 3.8) is 0 Å². The van der Waals surface area contributed by atoms with Gasteiger partial charge in [-0.2, -0.15) is 0 Å². The van der Waals surface area contributed by atoms with Gasteiger partial charge in [-0.1, -0.05) is 102 Å². The van der Waals surface area contributed by atoms with Gasteiger partial charge in [0.05, 0.1) is 40.3 Å². The number of unbranched alkanes of at least 4 members (excludes halogenated alkanes) is 13. The van der Waals surface area contributed by atoms with Gasteiger partial charge < -0.3 is 28.6 Å². The van der Waals surface area contributed by atoms with Crippen LogP contribution in [0.1, 0.15) is 142 Å². The largest absolute Gasteiger partial charge is 0.544 e. The van der Waals surface area contributed by atoms with Gasteiger partial charge >= 0.3 is 11.9 Å². The summed E-state index contributed by atoms with van der Waals surface area (Å²) in [7, 11) is 5.37. The van der Waals surface area contributed by atoms with Crippen LogP contribution < -0.4 is 5.11 Å². The summed E-state index contributed by atoms with van der Waals surface area (Å²) in [6.45, 7) is 4.45. The van der Waals surface area contributed by atoms with Gasteiger partial charge in [0.25, 0.3) is 0 Å². The van der Waals surface area contributed by atoms with Crippen molar-refractivity contribution < 1.29 is 38.2 Å². The van der Waals surface area contributed by atoms with Crippen molar-refractivity contribution in [1.29, 1.82) is 0 Å². The van der Waals surface area contributed by atoms with Crippen molar-refractivity contribution in [3.05, 3.63) is 24.3 Å². The van der Waals surface area contributed by atoms with Crippen molar-refractivity contribution in [3.8, 4) is 0 Å². The Balaban J connectivity index is 4.21. The molecule has 2 unspecified atom stereocenters. The minimum absolute atomic E-state index is 0.0376. The number of allylic oxidation sites excluding steroid dienone is 4. The van der Waals surface area contributed by atoms with E-state index in [4.69, 9.17) is 14.2 Å². The second-order valence-corrected chi connectivity index (χ2v) is 13.1. The Bertz CT molecular complexity index is 803. The van der Waals surface area contributed by atoms with Gasteiger partial charge in [-0.25, -0.2) is 0 Å². The molecule has 8 nitrogen and oxygen atoms in total. The van der Waals surface area contributed by atoms with Gasteiger partial charge in [0.1, 0.15) is 12.6 Å². The summed E-state index contributed by atoms with van der Waals surface area (Å²) in [4.78, 5) is 36.1. The normalized spacial score (nSPS) is 13.4. The molecule has 0 bridgehead atoms. The van der Waals surface area contributed by atoms with Gasteiger partial charge in [-0.3, -0.25) is 9.59 Å². The second-order valence-electron chi connectivity index (χ2n) is 13.1. The number of rotatable bonds is 31. The molecule has 0 spiro atoms. The second kappa shape index (κ2) is 29.2. The van der Waals surface area contributed by atoms with Gasteiger partial charge in [-0.05, 0) is 44.9 Å². The molecule has 0 amide bonds. The lowest BCUT2D eigenvalue weighted by Crippen LogP contribution is -2.55. The molecule has 0 N–H and O–H groups in total. The van der Waals surface area contributed by atoms with E-state index in [1.165, 1.54) is 57.8 Å². The van der Waals surface area contributed by atoms with Crippen LogP contribution in [0.2, 0.25) is 0 Å². The Hall–Kier alpha value is -2.19. The van der Waals surface area contributed by atoms with Crippen molar-refractivity contribution >= 4 is 17.9 Å². The van der Waals surface area contributed by atoms with Crippen LogP contribution in [-0.2, 0) is 28.6 Å². The summed E-state index contributed by atoms with van der Waals surface area (Å²) < 4.78 is 16.8. The maximum absolute atomic E-state index is 12.5. The third-order valence-corrected chi connectivity index (χ3v) is 7.84. The monoisotopic (exact) mass is 637 g/mol. The fourth-order valence-electron chi connectivity index (χ4n) is 4.98. The first-order valence-electron chi connectivity index (χ1n) is 17.9. The molecule has 0 radical (unpaired) electrons. The fourth-order valence-corrected chi connectivity index (χ4v) is 4.98. The van der Waals surface area contributed by atoms with E-state index in [1.807, 2.05) is 0 Å². The van der Waals surface area contributed by atoms with E-state index in [1.54, 1.807) is 21.1 Å². The van der Waals surface area contributed by atoms with Crippen molar-refractivity contribution in [2.45, 2.75) is 154 Å². The number of quaternary nitrogens is 1. The molecule has 0 rings (SSSR count). The van der Waals surface area contributed by atoms with Crippen LogP contribution in [0.3, 0.4) is 0 Å². The SMILES string of the molecule is CCCCCC/C=C\C/C=C\CCCCCCCCCC(=O)OC(COCCC(C(=O)[O-])[N+](C)(C)C)COC(=O)CCCCC. The molecule has 0 saturated heterocycles. The molecular weight excluding hydrogens is 570 g/mol. The van der Waals surface area contributed by atoms with E-state index < -0.39 is 18.1 Å². The number of nitrogens with zero attached hydrogens (tertiary/aromatic N) is 1. The van der Waals surface area contributed by atoms with Crippen LogP contribution in [0.15, 0.2) is 24.3 Å². The Kier molecular flexibility index (Phi) is 27.8. The molecule has 0 saturated carbocycles. The number of carboxylic acid groups (broad SMARTS) is 1. The van der Waals surface area contributed by atoms with E-state index in [9.17, 15) is 19.5 Å². The number of carbonyl (C=O) groups excluding carboxylic acids is 3. The topological polar surface area (TPSA) is 102 Å². The lowest BCUT2D eigenvalue weighted by Gasteiger charge is -2.34. The number of carbonyl (C=O) groups is 3. The van der Waals surface area contributed by atoms with Gasteiger partial charge in [0, 0.05) is 19.3 Å². The quantitative estimate of drug-likeness (QED) is 0.0342. The molecular formula is C37H67NO7. The minimum Gasteiger partial charge on any atom is -0.544 e. The average molecular weight is 638 g/mol. The standard InChI is InChI=1S/C37H67NO7/c1-6-8-10-11-12-13-14-15-16-17-18-19-20-21-22-23-24-26-28-36(40)45-33(32-44-35(39)27-25-9-7-2)31-43-30-29-34(37(41)42)38(3,4)5/h13-14,16-17,33-34H,6-12,15,18-32H2,1-5H3/b14-13-,17-16-. The number of hydrogen-bond donors (Lipinski definition) is 0. The molecule has 0 heterocycles. The Morgan fingerprint density at radius 2 is 1.18 bits per heavy atom. The van der Waals surface area contributed by atoms with E-state index in [-0.39, 0.29) is 42.7 Å². The highest BCUT2D eigenvalue weighted by Gasteiger charge is 2.25. The molecule has 0 aliphatic rings. The summed E-state index contributed by atoms with van der Waals surface area (Å²) in [6.07, 6.45) is 28.4. The van der Waals surface area contributed by atoms with Crippen LogP contribution >= 0.6 is 0 Å². The first kappa shape index (κ1) is 42.8. The summed E-state index contributed by atoms with van der Waals surface area (Å²) >= 11 is 0. The Morgan fingerprint density at radius 1 is 0.667 bits per heavy atom. The van der Waals surface area contributed by atoms with Gasteiger partial charge in [0.2, 0.25) is 0 Å².